The van der Waals surface area contributed by atoms with Crippen molar-refractivity contribution in [2.24, 2.45) is 5.73 Å². The van der Waals surface area contributed by atoms with Crippen LogP contribution in [0.15, 0.2) is 0 Å². The zero-order valence-corrected chi connectivity index (χ0v) is 4.48. The molecule has 1 unspecified atom stereocenters. The fourth-order valence-corrected chi connectivity index (χ4v) is 0.964. The Morgan fingerprint density at radius 2 is 2.43 bits per heavy atom. The van der Waals surface area contributed by atoms with Crippen molar-refractivity contribution < 1.29 is 4.90 Å². The quantitative estimate of drug-likeness (QED) is 0.353. The third kappa shape index (κ3) is 1.14. The zero-order valence-electron chi connectivity index (χ0n) is 4.48. The van der Waals surface area contributed by atoms with Gasteiger partial charge in [-0.1, -0.05) is 0 Å². The van der Waals surface area contributed by atoms with Crippen molar-refractivity contribution in [3.63, 3.8) is 0 Å². The number of nitrogens with one attached hydrogen (secondary N) is 1. The van der Waals surface area contributed by atoms with Crippen molar-refractivity contribution in [1.29, 1.82) is 0 Å². The van der Waals surface area contributed by atoms with Gasteiger partial charge < -0.3 is 10.6 Å². The van der Waals surface area contributed by atoms with E-state index in [9.17, 15) is 0 Å². The molecule has 1 heterocycles. The second kappa shape index (κ2) is 1.80. The SMILES string of the molecule is [CH2-][NH+]1CC[C@@H](N)C1. The van der Waals surface area contributed by atoms with Crippen LogP contribution in [-0.2, 0) is 0 Å². The highest BCUT2D eigenvalue weighted by atomic mass is 15.1. The number of hydrogen-bond acceptors (Lipinski definition) is 1. The molecule has 0 bridgehead atoms. The van der Waals surface area contributed by atoms with Gasteiger partial charge in [-0.25, -0.2) is 0 Å². The van der Waals surface area contributed by atoms with Gasteiger partial charge in [0.05, 0.1) is 19.1 Å². The summed E-state index contributed by atoms with van der Waals surface area (Å²) < 4.78 is 0. The number of nitrogens with two attached hydrogens (primary N) is 1. The van der Waals surface area contributed by atoms with Crippen LogP contribution in [0.25, 0.3) is 0 Å². The average molecular weight is 100 g/mol. The maximum atomic E-state index is 5.56. The molecular formula is C5H12N2. The first kappa shape index (κ1) is 5.06. The highest BCUT2D eigenvalue weighted by molar-refractivity contribution is 4.62. The first-order chi connectivity index (χ1) is 3.29. The predicted octanol–water partition coefficient (Wildman–Crippen LogP) is -1.61. The van der Waals surface area contributed by atoms with E-state index in [1.54, 1.807) is 0 Å². The van der Waals surface area contributed by atoms with Gasteiger partial charge in [-0.3, -0.25) is 0 Å². The summed E-state index contributed by atoms with van der Waals surface area (Å²) >= 11 is 0. The van der Waals surface area contributed by atoms with Crippen molar-refractivity contribution in [1.82, 2.24) is 0 Å². The zero-order chi connectivity index (χ0) is 5.28. The van der Waals surface area contributed by atoms with Crippen LogP contribution in [0.1, 0.15) is 6.42 Å². The summed E-state index contributed by atoms with van der Waals surface area (Å²) in [7, 11) is 3.82. The van der Waals surface area contributed by atoms with E-state index in [1.165, 1.54) is 4.90 Å². The van der Waals surface area contributed by atoms with E-state index in [0.717, 1.165) is 19.5 Å². The van der Waals surface area contributed by atoms with E-state index in [0.29, 0.717) is 6.04 Å². The highest BCUT2D eigenvalue weighted by Gasteiger charge is 2.14. The van der Waals surface area contributed by atoms with E-state index in [4.69, 9.17) is 5.73 Å². The highest BCUT2D eigenvalue weighted by Crippen LogP contribution is 1.85. The van der Waals surface area contributed by atoms with Crippen LogP contribution in [0, 0.1) is 7.05 Å². The molecule has 0 spiro atoms. The van der Waals surface area contributed by atoms with Crippen molar-refractivity contribution in [3.05, 3.63) is 7.05 Å². The fourth-order valence-electron chi connectivity index (χ4n) is 0.964. The van der Waals surface area contributed by atoms with Crippen molar-refractivity contribution >= 4 is 0 Å². The molecule has 0 saturated carbocycles. The third-order valence-electron chi connectivity index (χ3n) is 1.42. The van der Waals surface area contributed by atoms with Gasteiger partial charge in [0.1, 0.15) is 0 Å². The molecule has 1 saturated heterocycles. The molecule has 2 nitrogen and oxygen atoms in total. The van der Waals surface area contributed by atoms with Crippen LogP contribution < -0.4 is 10.6 Å². The lowest BCUT2D eigenvalue weighted by atomic mass is 10.3. The van der Waals surface area contributed by atoms with Crippen molar-refractivity contribution in [2.45, 2.75) is 12.5 Å². The molecule has 2 heteroatoms. The summed E-state index contributed by atoms with van der Waals surface area (Å²) in [6.07, 6.45) is 1.15. The minimum absolute atomic E-state index is 0.424. The number of likely N-dealkylation sites (tertiary alicyclic amines) is 1. The molecule has 1 rings (SSSR count). The van der Waals surface area contributed by atoms with Gasteiger partial charge in [0.15, 0.2) is 0 Å². The van der Waals surface area contributed by atoms with Gasteiger partial charge in [-0.05, 0) is 0 Å². The van der Waals surface area contributed by atoms with Crippen molar-refractivity contribution in [3.8, 4) is 0 Å². The summed E-state index contributed by atoms with van der Waals surface area (Å²) in [4.78, 5) is 1.33. The number of rotatable bonds is 0. The number of hydrogen-bond donors (Lipinski definition) is 2. The van der Waals surface area contributed by atoms with E-state index < -0.39 is 0 Å². The first-order valence-corrected chi connectivity index (χ1v) is 2.71. The van der Waals surface area contributed by atoms with Gasteiger partial charge in [0.2, 0.25) is 0 Å². The van der Waals surface area contributed by atoms with Gasteiger partial charge in [0.25, 0.3) is 0 Å². The van der Waals surface area contributed by atoms with E-state index in [1.807, 2.05) is 0 Å². The summed E-state index contributed by atoms with van der Waals surface area (Å²) in [5.41, 5.74) is 5.56. The molecule has 3 N–H and O–H groups in total. The standard InChI is InChI=1S/C5H12N2/c1-7-3-2-5(6)4-7/h5,7H,1-4,6H2/t5-/m1/s1. The molecular weight excluding hydrogens is 88.1 g/mol. The topological polar surface area (TPSA) is 30.5 Å². The minimum atomic E-state index is 0.424. The Morgan fingerprint density at radius 1 is 1.71 bits per heavy atom. The van der Waals surface area contributed by atoms with Crippen LogP contribution in [0.2, 0.25) is 0 Å². The molecule has 0 aromatic heterocycles. The van der Waals surface area contributed by atoms with Crippen LogP contribution in [0.4, 0.5) is 0 Å². The summed E-state index contributed by atoms with van der Waals surface area (Å²) in [5.74, 6) is 0. The summed E-state index contributed by atoms with van der Waals surface area (Å²) in [6.45, 7) is 2.21. The predicted molar refractivity (Wildman–Crippen MR) is 28.6 cm³/mol. The maximum absolute atomic E-state index is 5.56. The molecule has 0 aromatic carbocycles. The van der Waals surface area contributed by atoms with Crippen LogP contribution in [0.3, 0.4) is 0 Å². The van der Waals surface area contributed by atoms with E-state index in [2.05, 4.69) is 7.05 Å². The lowest BCUT2D eigenvalue weighted by Gasteiger charge is -2.10. The third-order valence-corrected chi connectivity index (χ3v) is 1.42. The van der Waals surface area contributed by atoms with Gasteiger partial charge in [0, 0.05) is 6.42 Å². The van der Waals surface area contributed by atoms with Gasteiger partial charge in [-0.2, -0.15) is 7.05 Å². The molecule has 42 valence electrons. The van der Waals surface area contributed by atoms with Crippen molar-refractivity contribution in [2.75, 3.05) is 13.1 Å². The largest absolute Gasteiger partial charge is 0.466 e. The molecule has 1 fully saturated rings. The molecule has 1 aliphatic heterocycles. The molecule has 1 aliphatic rings. The van der Waals surface area contributed by atoms with Crippen LogP contribution >= 0.6 is 0 Å². The second-order valence-corrected chi connectivity index (χ2v) is 2.25. The molecule has 0 radical (unpaired) electrons. The summed E-state index contributed by atoms with van der Waals surface area (Å²) in [6, 6.07) is 0.424. The summed E-state index contributed by atoms with van der Waals surface area (Å²) in [5, 5.41) is 0. The molecule has 0 amide bonds. The van der Waals surface area contributed by atoms with Crippen LogP contribution in [-0.4, -0.2) is 19.1 Å². The number of quaternary nitrogens is 1. The smallest absolute Gasteiger partial charge is 0.0686 e. The Balaban J connectivity index is 2.26. The fraction of sp³-hybridized carbons (Fsp3) is 0.800. The first-order valence-electron chi connectivity index (χ1n) is 2.71. The van der Waals surface area contributed by atoms with Crippen LogP contribution in [0.5, 0.6) is 0 Å². The average Bonchev–Trinajstić information content (AvgIpc) is 1.87. The second-order valence-electron chi connectivity index (χ2n) is 2.25. The molecule has 2 atom stereocenters. The Morgan fingerprint density at radius 3 is 2.57 bits per heavy atom. The Bertz CT molecular complexity index is 55.1. The minimum Gasteiger partial charge on any atom is -0.466 e. The molecule has 7 heavy (non-hydrogen) atoms. The Kier molecular flexibility index (Phi) is 1.30. The Hall–Kier alpha value is -0.0800. The Labute approximate surface area is 44.3 Å². The van der Waals surface area contributed by atoms with Gasteiger partial charge in [-0.15, -0.1) is 0 Å². The lowest BCUT2D eigenvalue weighted by Crippen LogP contribution is -3.05. The van der Waals surface area contributed by atoms with E-state index in [-0.39, 0.29) is 0 Å². The lowest BCUT2D eigenvalue weighted by molar-refractivity contribution is -0.840. The van der Waals surface area contributed by atoms with E-state index >= 15 is 0 Å². The van der Waals surface area contributed by atoms with Gasteiger partial charge >= 0.3 is 0 Å². The normalized spacial score (nSPS) is 42.0. The molecule has 0 aliphatic carbocycles. The monoisotopic (exact) mass is 100 g/mol. The molecule has 0 aromatic rings. The maximum Gasteiger partial charge on any atom is 0.0686 e.